The maximum Gasteiger partial charge on any atom is 0.371 e. The van der Waals surface area contributed by atoms with Crippen molar-refractivity contribution in [3.8, 4) is 11.1 Å². The molecule has 0 aliphatic heterocycles. The molecule has 0 spiro atoms. The first-order chi connectivity index (χ1) is 7.70. The molecule has 0 saturated carbocycles. The number of pyridine rings is 1. The molecule has 0 fully saturated rings. The van der Waals surface area contributed by atoms with Gasteiger partial charge >= 0.3 is 5.82 Å². The van der Waals surface area contributed by atoms with Crippen LogP contribution >= 0.6 is 11.6 Å². The van der Waals surface area contributed by atoms with E-state index < -0.39 is 4.92 Å². The minimum Gasteiger partial charge on any atom is -0.358 e. The van der Waals surface area contributed by atoms with Crippen LogP contribution in [0.5, 0.6) is 0 Å². The van der Waals surface area contributed by atoms with Crippen LogP contribution < -0.4 is 0 Å². The molecule has 16 heavy (non-hydrogen) atoms. The lowest BCUT2D eigenvalue weighted by atomic mass is 10.1. The largest absolute Gasteiger partial charge is 0.371 e. The third-order valence-corrected chi connectivity index (χ3v) is 2.45. The predicted molar refractivity (Wildman–Crippen MR) is 61.3 cm³/mol. The summed E-state index contributed by atoms with van der Waals surface area (Å²) >= 11 is 5.99. The monoisotopic (exact) mass is 234 g/mol. The number of aromatic nitrogens is 1. The average molecular weight is 235 g/mol. The van der Waals surface area contributed by atoms with Crippen molar-refractivity contribution in [2.24, 2.45) is 0 Å². The number of rotatable bonds is 2. The first kappa shape index (κ1) is 10.6. The van der Waals surface area contributed by atoms with E-state index in [0.29, 0.717) is 16.1 Å². The van der Waals surface area contributed by atoms with E-state index in [1.54, 1.807) is 36.4 Å². The van der Waals surface area contributed by atoms with Crippen molar-refractivity contribution >= 4 is 17.4 Å². The molecule has 80 valence electrons. The molecule has 0 unspecified atom stereocenters. The van der Waals surface area contributed by atoms with Crippen LogP contribution in [0.4, 0.5) is 5.82 Å². The Morgan fingerprint density at radius 1 is 1.12 bits per heavy atom. The van der Waals surface area contributed by atoms with E-state index >= 15 is 0 Å². The summed E-state index contributed by atoms with van der Waals surface area (Å²) in [7, 11) is 0. The molecule has 5 heteroatoms. The Balaban J connectivity index is 2.65. The molecular formula is C11H7ClN2O2. The zero-order valence-electron chi connectivity index (χ0n) is 8.13. The third kappa shape index (κ3) is 1.87. The van der Waals surface area contributed by atoms with E-state index in [9.17, 15) is 10.1 Å². The van der Waals surface area contributed by atoms with Gasteiger partial charge < -0.3 is 10.1 Å². The minimum absolute atomic E-state index is 0.185. The van der Waals surface area contributed by atoms with Gasteiger partial charge in [0, 0.05) is 10.6 Å². The highest BCUT2D eigenvalue weighted by atomic mass is 35.5. The van der Waals surface area contributed by atoms with Crippen molar-refractivity contribution in [3.05, 3.63) is 57.7 Å². The van der Waals surface area contributed by atoms with Crippen LogP contribution in [0, 0.1) is 10.1 Å². The zero-order valence-corrected chi connectivity index (χ0v) is 8.89. The summed E-state index contributed by atoms with van der Waals surface area (Å²) in [5.41, 5.74) is 1.04. The van der Waals surface area contributed by atoms with Crippen molar-refractivity contribution in [2.45, 2.75) is 0 Å². The highest BCUT2D eigenvalue weighted by Crippen LogP contribution is 2.32. The number of benzene rings is 1. The van der Waals surface area contributed by atoms with Crippen molar-refractivity contribution < 1.29 is 4.92 Å². The number of nitrogens with zero attached hydrogens (tertiary/aromatic N) is 2. The van der Waals surface area contributed by atoms with E-state index in [0.717, 1.165) is 0 Å². The Hall–Kier alpha value is -1.94. The lowest BCUT2D eigenvalue weighted by Gasteiger charge is -2.03. The van der Waals surface area contributed by atoms with Gasteiger partial charge in [0.2, 0.25) is 0 Å². The molecule has 1 aromatic carbocycles. The Morgan fingerprint density at radius 2 is 1.81 bits per heavy atom. The molecule has 0 amide bonds. The molecule has 0 aliphatic carbocycles. The van der Waals surface area contributed by atoms with Gasteiger partial charge in [0.25, 0.3) is 0 Å². The molecule has 1 aromatic heterocycles. The van der Waals surface area contributed by atoms with Crippen molar-refractivity contribution in [1.82, 2.24) is 4.98 Å². The highest BCUT2D eigenvalue weighted by Gasteiger charge is 2.17. The van der Waals surface area contributed by atoms with Crippen LogP contribution in [-0.2, 0) is 0 Å². The standard InChI is InChI=1S/C11H7ClN2O2/c12-10-6-2-1-4-8(10)9-5-3-7-13-11(9)14(15)16/h1-7H. The van der Waals surface area contributed by atoms with E-state index in [1.165, 1.54) is 6.20 Å². The summed E-state index contributed by atoms with van der Waals surface area (Å²) in [6, 6.07) is 10.2. The molecule has 0 aliphatic rings. The fourth-order valence-electron chi connectivity index (χ4n) is 1.43. The van der Waals surface area contributed by atoms with Crippen LogP contribution in [0.15, 0.2) is 42.6 Å². The number of hydrogen-bond acceptors (Lipinski definition) is 3. The quantitative estimate of drug-likeness (QED) is 0.592. The van der Waals surface area contributed by atoms with Gasteiger partial charge in [-0.05, 0) is 28.1 Å². The number of hydrogen-bond donors (Lipinski definition) is 0. The number of nitro groups is 1. The summed E-state index contributed by atoms with van der Waals surface area (Å²) in [5.74, 6) is -0.185. The summed E-state index contributed by atoms with van der Waals surface area (Å²) < 4.78 is 0. The maximum absolute atomic E-state index is 10.8. The zero-order chi connectivity index (χ0) is 11.5. The summed E-state index contributed by atoms with van der Waals surface area (Å²) in [5, 5.41) is 11.3. The molecule has 2 rings (SSSR count). The second kappa shape index (κ2) is 4.28. The van der Waals surface area contributed by atoms with Crippen LogP contribution in [0.2, 0.25) is 5.02 Å². The fourth-order valence-corrected chi connectivity index (χ4v) is 1.67. The molecule has 1 heterocycles. The Bertz CT molecular complexity index is 543. The van der Waals surface area contributed by atoms with Crippen LogP contribution in [0.3, 0.4) is 0 Å². The van der Waals surface area contributed by atoms with E-state index in [2.05, 4.69) is 4.98 Å². The average Bonchev–Trinajstić information content (AvgIpc) is 2.29. The Labute approximate surface area is 96.7 Å². The topological polar surface area (TPSA) is 56.0 Å². The molecule has 0 N–H and O–H groups in total. The Morgan fingerprint density at radius 3 is 2.50 bits per heavy atom. The van der Waals surface area contributed by atoms with Gasteiger partial charge in [0.1, 0.15) is 6.20 Å². The molecule has 0 radical (unpaired) electrons. The van der Waals surface area contributed by atoms with Crippen LogP contribution in [0.25, 0.3) is 11.1 Å². The van der Waals surface area contributed by atoms with Crippen LogP contribution in [0.1, 0.15) is 0 Å². The van der Waals surface area contributed by atoms with E-state index in [-0.39, 0.29) is 5.82 Å². The molecule has 2 aromatic rings. The molecule has 4 nitrogen and oxygen atoms in total. The lowest BCUT2D eigenvalue weighted by molar-refractivity contribution is -0.388. The Kier molecular flexibility index (Phi) is 2.83. The van der Waals surface area contributed by atoms with Gasteiger partial charge in [-0.2, -0.15) is 0 Å². The third-order valence-electron chi connectivity index (χ3n) is 2.12. The fraction of sp³-hybridized carbons (Fsp3) is 0. The highest BCUT2D eigenvalue weighted by molar-refractivity contribution is 6.33. The lowest BCUT2D eigenvalue weighted by Crippen LogP contribution is -1.94. The SMILES string of the molecule is O=[N+]([O-])c1ncccc1-c1ccccc1Cl. The summed E-state index contributed by atoms with van der Waals surface area (Å²) in [6.07, 6.45) is 1.39. The predicted octanol–water partition coefficient (Wildman–Crippen LogP) is 3.31. The van der Waals surface area contributed by atoms with Crippen molar-refractivity contribution in [2.75, 3.05) is 0 Å². The smallest absolute Gasteiger partial charge is 0.358 e. The molecular weight excluding hydrogens is 228 g/mol. The van der Waals surface area contributed by atoms with Gasteiger partial charge in [0.05, 0.1) is 5.56 Å². The first-order valence-corrected chi connectivity index (χ1v) is 4.92. The van der Waals surface area contributed by atoms with E-state index in [1.807, 2.05) is 0 Å². The van der Waals surface area contributed by atoms with Gasteiger partial charge in [-0.3, -0.25) is 0 Å². The minimum atomic E-state index is -0.515. The van der Waals surface area contributed by atoms with Gasteiger partial charge in [0.15, 0.2) is 0 Å². The first-order valence-electron chi connectivity index (χ1n) is 4.54. The molecule has 0 saturated heterocycles. The van der Waals surface area contributed by atoms with E-state index in [4.69, 9.17) is 11.6 Å². The second-order valence-electron chi connectivity index (χ2n) is 3.11. The van der Waals surface area contributed by atoms with Gasteiger partial charge in [-0.15, -0.1) is 0 Å². The second-order valence-corrected chi connectivity index (χ2v) is 3.52. The normalized spacial score (nSPS) is 10.1. The number of halogens is 1. The van der Waals surface area contributed by atoms with Crippen LogP contribution in [-0.4, -0.2) is 9.91 Å². The summed E-state index contributed by atoms with van der Waals surface area (Å²) in [4.78, 5) is 14.0. The van der Waals surface area contributed by atoms with Gasteiger partial charge in [-0.25, -0.2) is 0 Å². The van der Waals surface area contributed by atoms with Gasteiger partial charge in [-0.1, -0.05) is 29.8 Å². The van der Waals surface area contributed by atoms with Crippen molar-refractivity contribution in [3.63, 3.8) is 0 Å². The molecule has 0 atom stereocenters. The maximum atomic E-state index is 10.8. The van der Waals surface area contributed by atoms with Crippen molar-refractivity contribution in [1.29, 1.82) is 0 Å². The molecule has 0 bridgehead atoms. The summed E-state index contributed by atoms with van der Waals surface area (Å²) in [6.45, 7) is 0.